The molecule has 1 atom stereocenters. The summed E-state index contributed by atoms with van der Waals surface area (Å²) < 4.78 is 0. The summed E-state index contributed by atoms with van der Waals surface area (Å²) in [7, 11) is 0. The van der Waals surface area contributed by atoms with Crippen LogP contribution in [0.1, 0.15) is 29.4 Å². The van der Waals surface area contributed by atoms with E-state index >= 15 is 0 Å². The summed E-state index contributed by atoms with van der Waals surface area (Å²) in [5, 5.41) is 6.15. The molecule has 0 bridgehead atoms. The minimum Gasteiger partial charge on any atom is -0.315 e. The van der Waals surface area contributed by atoms with Gasteiger partial charge >= 0.3 is 0 Å². The van der Waals surface area contributed by atoms with Gasteiger partial charge in [-0.2, -0.15) is 0 Å². The molecule has 0 spiro atoms. The summed E-state index contributed by atoms with van der Waals surface area (Å²) in [4.78, 5) is 7.49. The van der Waals surface area contributed by atoms with Gasteiger partial charge in [0.2, 0.25) is 0 Å². The van der Waals surface area contributed by atoms with E-state index in [4.69, 9.17) is 4.98 Å². The van der Waals surface area contributed by atoms with Crippen molar-refractivity contribution in [1.29, 1.82) is 0 Å². The molecule has 1 aliphatic heterocycles. The van der Waals surface area contributed by atoms with Crippen LogP contribution in [0, 0.1) is 6.92 Å². The van der Waals surface area contributed by atoms with Crippen LogP contribution in [0.5, 0.6) is 0 Å². The quantitative estimate of drug-likeness (QED) is 0.788. The molecule has 0 amide bonds. The summed E-state index contributed by atoms with van der Waals surface area (Å²) in [5.74, 6) is 0. The van der Waals surface area contributed by atoms with E-state index in [0.29, 0.717) is 0 Å². The molecule has 1 fully saturated rings. The highest BCUT2D eigenvalue weighted by molar-refractivity contribution is 5.86. The summed E-state index contributed by atoms with van der Waals surface area (Å²) >= 11 is 0. The minimum absolute atomic E-state index is 0.200. The van der Waals surface area contributed by atoms with Crippen molar-refractivity contribution in [1.82, 2.24) is 15.2 Å². The fourth-order valence-corrected chi connectivity index (χ4v) is 3.87. The monoisotopic (exact) mass is 331 g/mol. The van der Waals surface area contributed by atoms with E-state index in [2.05, 4.69) is 77.8 Å². The second-order valence-electron chi connectivity index (χ2n) is 6.81. The van der Waals surface area contributed by atoms with E-state index in [1.165, 1.54) is 22.8 Å². The molecule has 0 saturated carbocycles. The SMILES string of the molecule is Cc1cccc(C(c2cccc3ccccc23)N2CCCNCC2)n1. The molecular weight excluding hydrogens is 306 g/mol. The summed E-state index contributed by atoms with van der Waals surface area (Å²) in [5.41, 5.74) is 3.59. The van der Waals surface area contributed by atoms with Crippen molar-refractivity contribution in [2.24, 2.45) is 0 Å². The number of nitrogens with zero attached hydrogens (tertiary/aromatic N) is 2. The average molecular weight is 331 g/mol. The molecule has 1 saturated heterocycles. The van der Waals surface area contributed by atoms with Crippen molar-refractivity contribution in [3.63, 3.8) is 0 Å². The third-order valence-corrected chi connectivity index (χ3v) is 5.05. The zero-order chi connectivity index (χ0) is 17.1. The van der Waals surface area contributed by atoms with Gasteiger partial charge in [0.15, 0.2) is 0 Å². The van der Waals surface area contributed by atoms with Crippen molar-refractivity contribution >= 4 is 10.8 Å². The van der Waals surface area contributed by atoms with Crippen LogP contribution >= 0.6 is 0 Å². The fourth-order valence-electron chi connectivity index (χ4n) is 3.87. The van der Waals surface area contributed by atoms with Crippen molar-refractivity contribution in [2.45, 2.75) is 19.4 Å². The van der Waals surface area contributed by atoms with E-state index in [-0.39, 0.29) is 6.04 Å². The second-order valence-corrected chi connectivity index (χ2v) is 6.81. The summed E-state index contributed by atoms with van der Waals surface area (Å²) in [6.07, 6.45) is 1.17. The number of nitrogens with one attached hydrogen (secondary N) is 1. The maximum absolute atomic E-state index is 4.90. The molecule has 2 aromatic carbocycles. The zero-order valence-electron chi connectivity index (χ0n) is 14.8. The van der Waals surface area contributed by atoms with Gasteiger partial charge in [0.25, 0.3) is 0 Å². The molecule has 0 radical (unpaired) electrons. The molecule has 1 aromatic heterocycles. The van der Waals surface area contributed by atoms with Crippen LogP contribution in [-0.4, -0.2) is 36.1 Å². The Bertz CT molecular complexity index is 845. The van der Waals surface area contributed by atoms with Crippen LogP contribution in [0.15, 0.2) is 60.7 Å². The number of hydrogen-bond acceptors (Lipinski definition) is 3. The van der Waals surface area contributed by atoms with Crippen LogP contribution in [0.3, 0.4) is 0 Å². The number of rotatable bonds is 3. The lowest BCUT2D eigenvalue weighted by Crippen LogP contribution is -2.33. The lowest BCUT2D eigenvalue weighted by Gasteiger charge is -2.31. The molecule has 1 N–H and O–H groups in total. The Morgan fingerprint density at radius 3 is 2.68 bits per heavy atom. The van der Waals surface area contributed by atoms with Gasteiger partial charge in [-0.05, 0) is 48.4 Å². The van der Waals surface area contributed by atoms with E-state index in [9.17, 15) is 0 Å². The Morgan fingerprint density at radius 2 is 1.76 bits per heavy atom. The molecule has 3 heteroatoms. The van der Waals surface area contributed by atoms with E-state index in [1.54, 1.807) is 0 Å². The van der Waals surface area contributed by atoms with Crippen molar-refractivity contribution < 1.29 is 0 Å². The summed E-state index contributed by atoms with van der Waals surface area (Å²) in [6.45, 7) is 6.35. The van der Waals surface area contributed by atoms with Crippen molar-refractivity contribution in [2.75, 3.05) is 26.2 Å². The van der Waals surface area contributed by atoms with Crippen molar-refractivity contribution in [3.05, 3.63) is 77.6 Å². The lowest BCUT2D eigenvalue weighted by atomic mass is 9.94. The highest BCUT2D eigenvalue weighted by atomic mass is 15.2. The second kappa shape index (κ2) is 7.34. The van der Waals surface area contributed by atoms with Crippen LogP contribution in [0.25, 0.3) is 10.8 Å². The third kappa shape index (κ3) is 3.44. The van der Waals surface area contributed by atoms with E-state index < -0.39 is 0 Å². The maximum atomic E-state index is 4.90. The average Bonchev–Trinajstić information content (AvgIpc) is 2.92. The van der Waals surface area contributed by atoms with Gasteiger partial charge < -0.3 is 5.32 Å². The highest BCUT2D eigenvalue weighted by Crippen LogP contribution is 2.33. The Kier molecular flexibility index (Phi) is 4.77. The summed E-state index contributed by atoms with van der Waals surface area (Å²) in [6, 6.07) is 21.9. The van der Waals surface area contributed by atoms with Gasteiger partial charge in [0.05, 0.1) is 11.7 Å². The number of benzene rings is 2. The number of aryl methyl sites for hydroxylation is 1. The van der Waals surface area contributed by atoms with Gasteiger partial charge in [0, 0.05) is 25.3 Å². The number of aromatic nitrogens is 1. The van der Waals surface area contributed by atoms with Crippen LogP contribution in [0.2, 0.25) is 0 Å². The lowest BCUT2D eigenvalue weighted by molar-refractivity contribution is 0.238. The van der Waals surface area contributed by atoms with Crippen LogP contribution in [0.4, 0.5) is 0 Å². The first kappa shape index (κ1) is 16.2. The molecule has 25 heavy (non-hydrogen) atoms. The molecule has 128 valence electrons. The van der Waals surface area contributed by atoms with Crippen LogP contribution < -0.4 is 5.32 Å². The third-order valence-electron chi connectivity index (χ3n) is 5.05. The molecule has 3 nitrogen and oxygen atoms in total. The molecule has 2 heterocycles. The Balaban J connectivity index is 1.87. The smallest absolute Gasteiger partial charge is 0.0783 e. The van der Waals surface area contributed by atoms with Crippen molar-refractivity contribution in [3.8, 4) is 0 Å². The predicted octanol–water partition coefficient (Wildman–Crippen LogP) is 3.93. The first-order chi connectivity index (χ1) is 12.3. The van der Waals surface area contributed by atoms with Gasteiger partial charge in [-0.3, -0.25) is 9.88 Å². The number of pyridine rings is 1. The molecule has 3 aromatic rings. The normalized spacial score (nSPS) is 17.3. The zero-order valence-corrected chi connectivity index (χ0v) is 14.8. The minimum atomic E-state index is 0.200. The van der Waals surface area contributed by atoms with E-state index in [0.717, 1.165) is 37.6 Å². The first-order valence-electron chi connectivity index (χ1n) is 9.19. The Morgan fingerprint density at radius 1 is 0.920 bits per heavy atom. The van der Waals surface area contributed by atoms with Gasteiger partial charge in [-0.25, -0.2) is 0 Å². The predicted molar refractivity (Wildman–Crippen MR) is 104 cm³/mol. The molecule has 1 unspecified atom stereocenters. The topological polar surface area (TPSA) is 28.2 Å². The number of hydrogen-bond donors (Lipinski definition) is 1. The maximum Gasteiger partial charge on any atom is 0.0783 e. The highest BCUT2D eigenvalue weighted by Gasteiger charge is 2.25. The fraction of sp³-hybridized carbons (Fsp3) is 0.318. The molecule has 0 aliphatic carbocycles. The number of fused-ring (bicyclic) bond motifs is 1. The largest absolute Gasteiger partial charge is 0.315 e. The van der Waals surface area contributed by atoms with Gasteiger partial charge in [-0.1, -0.05) is 48.5 Å². The first-order valence-corrected chi connectivity index (χ1v) is 9.19. The standard InChI is InChI=1S/C22H25N3/c1-17-7-4-12-21(24-17)22(25-15-6-13-23-14-16-25)20-11-5-9-18-8-2-3-10-19(18)20/h2-5,7-12,22-23H,6,13-16H2,1H3. The molecule has 4 rings (SSSR count). The Labute approximate surface area is 149 Å². The molecular formula is C22H25N3. The van der Waals surface area contributed by atoms with Crippen LogP contribution in [-0.2, 0) is 0 Å². The Hall–Kier alpha value is -2.23. The molecule has 1 aliphatic rings. The van der Waals surface area contributed by atoms with Gasteiger partial charge in [-0.15, -0.1) is 0 Å². The van der Waals surface area contributed by atoms with Gasteiger partial charge in [0.1, 0.15) is 0 Å². The van der Waals surface area contributed by atoms with E-state index in [1.807, 2.05) is 0 Å².